The molecule has 2 atom stereocenters. The highest BCUT2D eigenvalue weighted by atomic mass is 35.5. The predicted octanol–water partition coefficient (Wildman–Crippen LogP) is 5.66. The molecule has 0 saturated carbocycles. The average molecular weight is 600 g/mol. The van der Waals surface area contributed by atoms with Crippen molar-refractivity contribution in [2.45, 2.75) is 64.1 Å². The van der Waals surface area contributed by atoms with Crippen LogP contribution in [0.5, 0.6) is 5.75 Å². The minimum Gasteiger partial charge on any atom is -0.492 e. The second kappa shape index (κ2) is 14.9. The zero-order valence-corrected chi connectivity index (χ0v) is 25.5. The molecule has 10 heteroatoms. The second-order valence-corrected chi connectivity index (χ2v) is 11.9. The quantitative estimate of drug-likeness (QED) is 0.258. The van der Waals surface area contributed by atoms with Gasteiger partial charge in [-0.25, -0.2) is 8.42 Å². The smallest absolute Gasteiger partial charge is 0.264 e. The number of nitrogens with one attached hydrogen (secondary N) is 1. The summed E-state index contributed by atoms with van der Waals surface area (Å²) in [5.41, 5.74) is 1.03. The van der Waals surface area contributed by atoms with Gasteiger partial charge in [0.15, 0.2) is 0 Å². The van der Waals surface area contributed by atoms with Crippen molar-refractivity contribution in [3.05, 3.63) is 89.4 Å². The number of benzene rings is 3. The first-order valence-corrected chi connectivity index (χ1v) is 15.6. The van der Waals surface area contributed by atoms with Gasteiger partial charge in [0.2, 0.25) is 11.8 Å². The van der Waals surface area contributed by atoms with Crippen LogP contribution in [-0.4, -0.2) is 50.4 Å². The first-order valence-electron chi connectivity index (χ1n) is 13.8. The van der Waals surface area contributed by atoms with Crippen molar-refractivity contribution < 1.29 is 22.7 Å². The topological polar surface area (TPSA) is 96.0 Å². The van der Waals surface area contributed by atoms with Gasteiger partial charge in [-0.05, 0) is 68.7 Å². The highest BCUT2D eigenvalue weighted by Crippen LogP contribution is 2.33. The van der Waals surface area contributed by atoms with Gasteiger partial charge in [-0.15, -0.1) is 0 Å². The zero-order valence-electron chi connectivity index (χ0n) is 23.9. The summed E-state index contributed by atoms with van der Waals surface area (Å²) in [6.45, 7) is 7.38. The van der Waals surface area contributed by atoms with Crippen LogP contribution in [0.3, 0.4) is 0 Å². The molecule has 3 aromatic carbocycles. The summed E-state index contributed by atoms with van der Waals surface area (Å²) in [6, 6.07) is 20.9. The van der Waals surface area contributed by atoms with E-state index < -0.39 is 28.5 Å². The molecular formula is C31H38ClN3O5S. The van der Waals surface area contributed by atoms with Gasteiger partial charge in [-0.3, -0.25) is 13.9 Å². The molecular weight excluding hydrogens is 562 g/mol. The normalized spacial score (nSPS) is 12.7. The Morgan fingerprint density at radius 3 is 2.15 bits per heavy atom. The van der Waals surface area contributed by atoms with Gasteiger partial charge in [0.1, 0.15) is 18.3 Å². The maximum atomic E-state index is 14.2. The second-order valence-electron chi connectivity index (χ2n) is 9.62. The molecule has 0 heterocycles. The van der Waals surface area contributed by atoms with Crippen molar-refractivity contribution >= 4 is 39.1 Å². The van der Waals surface area contributed by atoms with E-state index in [1.165, 1.54) is 29.2 Å². The number of sulfonamides is 1. The molecule has 3 aromatic rings. The highest BCUT2D eigenvalue weighted by molar-refractivity contribution is 7.92. The van der Waals surface area contributed by atoms with E-state index in [-0.39, 0.29) is 29.1 Å². The fourth-order valence-electron chi connectivity index (χ4n) is 4.33. The van der Waals surface area contributed by atoms with Gasteiger partial charge in [-0.1, -0.05) is 67.9 Å². The average Bonchev–Trinajstić information content (AvgIpc) is 2.97. The summed E-state index contributed by atoms with van der Waals surface area (Å²) in [7, 11) is -4.24. The predicted molar refractivity (Wildman–Crippen MR) is 163 cm³/mol. The maximum absolute atomic E-state index is 14.2. The van der Waals surface area contributed by atoms with Crippen molar-refractivity contribution in [1.29, 1.82) is 0 Å². The number of amides is 2. The number of rotatable bonds is 14. The minimum atomic E-state index is -4.24. The molecule has 0 bridgehead atoms. The Bertz CT molecular complexity index is 1400. The SMILES string of the molecule is CCOc1ccccc1N(CC(=O)N(Cc1ccccc1)C(CC)C(=O)NC(C)CC)S(=O)(=O)c1ccc(Cl)cc1. The number of para-hydroxylation sites is 2. The lowest BCUT2D eigenvalue weighted by Gasteiger charge is -2.34. The molecule has 0 spiro atoms. The van der Waals surface area contributed by atoms with E-state index in [4.69, 9.17) is 16.3 Å². The van der Waals surface area contributed by atoms with Crippen LogP contribution in [0.4, 0.5) is 5.69 Å². The number of halogens is 1. The molecule has 0 saturated heterocycles. The number of anilines is 1. The zero-order chi connectivity index (χ0) is 30.0. The molecule has 41 heavy (non-hydrogen) atoms. The van der Waals surface area contributed by atoms with Crippen molar-refractivity contribution in [2.75, 3.05) is 17.5 Å². The molecule has 0 aliphatic carbocycles. The van der Waals surface area contributed by atoms with Gasteiger partial charge in [-0.2, -0.15) is 0 Å². The van der Waals surface area contributed by atoms with Gasteiger partial charge >= 0.3 is 0 Å². The summed E-state index contributed by atoms with van der Waals surface area (Å²) in [5, 5.41) is 3.36. The molecule has 3 rings (SSSR count). The maximum Gasteiger partial charge on any atom is 0.264 e. The van der Waals surface area contributed by atoms with E-state index in [0.29, 0.717) is 23.8 Å². The van der Waals surface area contributed by atoms with Gasteiger partial charge < -0.3 is 15.0 Å². The van der Waals surface area contributed by atoms with Crippen LogP contribution in [0.1, 0.15) is 46.1 Å². The first-order chi connectivity index (χ1) is 19.6. The van der Waals surface area contributed by atoms with Crippen molar-refractivity contribution in [3.63, 3.8) is 0 Å². The van der Waals surface area contributed by atoms with Gasteiger partial charge in [0.25, 0.3) is 10.0 Å². The van der Waals surface area contributed by atoms with E-state index in [1.807, 2.05) is 51.1 Å². The third-order valence-corrected chi connectivity index (χ3v) is 8.72. The number of nitrogens with zero attached hydrogens (tertiary/aromatic N) is 2. The van der Waals surface area contributed by atoms with E-state index >= 15 is 0 Å². The third-order valence-electron chi connectivity index (χ3n) is 6.70. The lowest BCUT2D eigenvalue weighted by Crippen LogP contribution is -2.53. The minimum absolute atomic E-state index is 0.0304. The Morgan fingerprint density at radius 2 is 1.54 bits per heavy atom. The Hall–Kier alpha value is -3.56. The monoisotopic (exact) mass is 599 g/mol. The Kier molecular flexibility index (Phi) is 11.6. The number of carbonyl (C=O) groups is 2. The molecule has 2 amide bonds. The summed E-state index contributed by atoms with van der Waals surface area (Å²) >= 11 is 6.03. The molecule has 0 aromatic heterocycles. The molecule has 0 radical (unpaired) electrons. The molecule has 1 N–H and O–H groups in total. The summed E-state index contributed by atoms with van der Waals surface area (Å²) in [5.74, 6) is -0.492. The van der Waals surface area contributed by atoms with E-state index in [9.17, 15) is 18.0 Å². The van der Waals surface area contributed by atoms with Crippen LogP contribution >= 0.6 is 11.6 Å². The largest absolute Gasteiger partial charge is 0.492 e. The lowest BCUT2D eigenvalue weighted by molar-refractivity contribution is -0.140. The number of ether oxygens (including phenoxy) is 1. The molecule has 0 aliphatic rings. The number of hydrogen-bond acceptors (Lipinski definition) is 5. The van der Waals surface area contributed by atoms with Crippen LogP contribution in [-0.2, 0) is 26.2 Å². The third kappa shape index (κ3) is 8.24. The number of hydrogen-bond donors (Lipinski definition) is 1. The summed E-state index contributed by atoms with van der Waals surface area (Å²) in [6.07, 6.45) is 1.08. The molecule has 8 nitrogen and oxygen atoms in total. The lowest BCUT2D eigenvalue weighted by atomic mass is 10.1. The van der Waals surface area contributed by atoms with Crippen molar-refractivity contribution in [2.24, 2.45) is 0 Å². The fourth-order valence-corrected chi connectivity index (χ4v) is 5.88. The van der Waals surface area contributed by atoms with Gasteiger partial charge in [0, 0.05) is 17.6 Å². The summed E-state index contributed by atoms with van der Waals surface area (Å²) < 4.78 is 34.9. The van der Waals surface area contributed by atoms with Crippen molar-refractivity contribution in [1.82, 2.24) is 10.2 Å². The Labute approximate surface area is 248 Å². The highest BCUT2D eigenvalue weighted by Gasteiger charge is 2.35. The van der Waals surface area contributed by atoms with Crippen LogP contribution in [0.2, 0.25) is 5.02 Å². The first kappa shape index (κ1) is 32.0. The van der Waals surface area contributed by atoms with E-state index in [1.54, 1.807) is 31.2 Å². The molecule has 0 fully saturated rings. The van der Waals surface area contributed by atoms with Crippen LogP contribution in [0, 0.1) is 0 Å². The van der Waals surface area contributed by atoms with Crippen LogP contribution in [0.15, 0.2) is 83.8 Å². The molecule has 2 unspecified atom stereocenters. The van der Waals surface area contributed by atoms with E-state index in [0.717, 1.165) is 16.3 Å². The van der Waals surface area contributed by atoms with Crippen molar-refractivity contribution in [3.8, 4) is 5.75 Å². The standard InChI is InChI=1S/C31H38ClN3O5S/c1-5-23(4)33-31(37)27(6-2)34(21-24-13-9-8-10-14-24)30(36)22-35(28-15-11-12-16-29(28)40-7-3)41(38,39)26-19-17-25(32)18-20-26/h8-20,23,27H,5-7,21-22H2,1-4H3,(H,33,37). The van der Waals surface area contributed by atoms with E-state index in [2.05, 4.69) is 5.32 Å². The number of carbonyl (C=O) groups excluding carboxylic acids is 2. The van der Waals surface area contributed by atoms with Crippen LogP contribution < -0.4 is 14.4 Å². The summed E-state index contributed by atoms with van der Waals surface area (Å²) in [4.78, 5) is 29.0. The molecule has 220 valence electrons. The fraction of sp³-hybridized carbons (Fsp3) is 0.355. The van der Waals surface area contributed by atoms with Gasteiger partial charge in [0.05, 0.1) is 17.2 Å². The Balaban J connectivity index is 2.09. The molecule has 0 aliphatic heterocycles. The van der Waals surface area contributed by atoms with Crippen LogP contribution in [0.25, 0.3) is 0 Å². The Morgan fingerprint density at radius 1 is 0.902 bits per heavy atom.